The normalized spacial score (nSPS) is 12.8. The van der Waals surface area contributed by atoms with Crippen LogP contribution in [0.15, 0.2) is 11.8 Å². The maximum atomic E-state index is 2.35. The fraction of sp³-hybridized carbons (Fsp3) is 0.818. The molecule has 0 aromatic heterocycles. The highest BCUT2D eigenvalue weighted by molar-refractivity contribution is 5.01. The maximum Gasteiger partial charge on any atom is 0.0227 e. The lowest BCUT2D eigenvalue weighted by Crippen LogP contribution is -2.25. The van der Waals surface area contributed by atoms with Gasteiger partial charge in [0.1, 0.15) is 0 Å². The minimum Gasteiger partial charge on any atom is -0.376 e. The van der Waals surface area contributed by atoms with Crippen molar-refractivity contribution in [1.29, 1.82) is 0 Å². The van der Waals surface area contributed by atoms with Gasteiger partial charge in [0, 0.05) is 18.8 Å². The molecule has 1 nitrogen and oxygen atoms in total. The molecule has 0 spiro atoms. The fourth-order valence-electron chi connectivity index (χ4n) is 1.20. The van der Waals surface area contributed by atoms with Gasteiger partial charge in [0.2, 0.25) is 0 Å². The van der Waals surface area contributed by atoms with Crippen LogP contribution in [0.2, 0.25) is 0 Å². The summed E-state index contributed by atoms with van der Waals surface area (Å²) in [6.07, 6.45) is 3.48. The summed E-state index contributed by atoms with van der Waals surface area (Å²) in [6.45, 7) is 11.1. The van der Waals surface area contributed by atoms with Gasteiger partial charge in [-0.15, -0.1) is 0 Å². The molecule has 0 aliphatic carbocycles. The van der Waals surface area contributed by atoms with Crippen LogP contribution < -0.4 is 0 Å². The molecule has 0 saturated heterocycles. The Labute approximate surface area is 77.5 Å². The van der Waals surface area contributed by atoms with Crippen molar-refractivity contribution >= 4 is 0 Å². The van der Waals surface area contributed by atoms with Gasteiger partial charge in [-0.2, -0.15) is 0 Å². The van der Waals surface area contributed by atoms with E-state index < -0.39 is 0 Å². The third kappa shape index (κ3) is 3.80. The summed E-state index contributed by atoms with van der Waals surface area (Å²) in [5.74, 6) is 0.654. The number of allylic oxidation sites excluding steroid dienone is 2. The van der Waals surface area contributed by atoms with E-state index in [-0.39, 0.29) is 0 Å². The van der Waals surface area contributed by atoms with Crippen LogP contribution in [0.5, 0.6) is 0 Å². The number of nitrogens with zero attached hydrogens (tertiary/aromatic N) is 1. The van der Waals surface area contributed by atoms with Gasteiger partial charge in [-0.25, -0.2) is 0 Å². The molecule has 0 N–H and O–H groups in total. The van der Waals surface area contributed by atoms with Gasteiger partial charge >= 0.3 is 0 Å². The lowest BCUT2D eigenvalue weighted by Gasteiger charge is -2.26. The van der Waals surface area contributed by atoms with Crippen molar-refractivity contribution in [1.82, 2.24) is 4.90 Å². The van der Waals surface area contributed by atoms with E-state index in [2.05, 4.69) is 52.6 Å². The zero-order valence-corrected chi connectivity index (χ0v) is 9.39. The Morgan fingerprint density at radius 3 is 2.00 bits per heavy atom. The lowest BCUT2D eigenvalue weighted by molar-refractivity contribution is 0.332. The molecule has 0 radical (unpaired) electrons. The Morgan fingerprint density at radius 1 is 1.25 bits per heavy atom. The van der Waals surface area contributed by atoms with Crippen LogP contribution in [0.25, 0.3) is 0 Å². The number of hydrogen-bond acceptors (Lipinski definition) is 1. The van der Waals surface area contributed by atoms with Gasteiger partial charge < -0.3 is 4.90 Å². The van der Waals surface area contributed by atoms with Gasteiger partial charge in [-0.05, 0) is 26.2 Å². The first-order chi connectivity index (χ1) is 5.49. The van der Waals surface area contributed by atoms with Gasteiger partial charge in [-0.1, -0.05) is 26.8 Å². The molecule has 0 bridgehead atoms. The monoisotopic (exact) mass is 169 g/mol. The van der Waals surface area contributed by atoms with Crippen LogP contribution >= 0.6 is 0 Å². The summed E-state index contributed by atoms with van der Waals surface area (Å²) in [5, 5.41) is 0. The van der Waals surface area contributed by atoms with Crippen molar-refractivity contribution in [2.24, 2.45) is 5.92 Å². The SMILES string of the molecule is CC/C(=C\C(C)C)N(C)C(C)C. The molecule has 72 valence electrons. The second kappa shape index (κ2) is 5.23. The molecule has 0 atom stereocenters. The highest BCUT2D eigenvalue weighted by atomic mass is 15.1. The summed E-state index contributed by atoms with van der Waals surface area (Å²) in [7, 11) is 2.17. The first-order valence-electron chi connectivity index (χ1n) is 4.92. The summed E-state index contributed by atoms with van der Waals surface area (Å²) in [4.78, 5) is 2.35. The summed E-state index contributed by atoms with van der Waals surface area (Å²) in [6, 6.07) is 0.606. The van der Waals surface area contributed by atoms with Crippen LogP contribution in [0, 0.1) is 5.92 Å². The molecule has 0 fully saturated rings. The Hall–Kier alpha value is -0.460. The molecule has 0 rings (SSSR count). The topological polar surface area (TPSA) is 3.24 Å². The molecule has 0 saturated carbocycles. The van der Waals surface area contributed by atoms with E-state index in [4.69, 9.17) is 0 Å². The Kier molecular flexibility index (Phi) is 5.03. The lowest BCUT2D eigenvalue weighted by atomic mass is 10.1. The summed E-state index contributed by atoms with van der Waals surface area (Å²) < 4.78 is 0. The summed E-state index contributed by atoms with van der Waals surface area (Å²) >= 11 is 0. The first-order valence-corrected chi connectivity index (χ1v) is 4.92. The minimum atomic E-state index is 0.606. The molecule has 0 heterocycles. The van der Waals surface area contributed by atoms with E-state index in [0.29, 0.717) is 12.0 Å². The average Bonchev–Trinajstić information content (AvgIpc) is 1.98. The van der Waals surface area contributed by atoms with E-state index in [0.717, 1.165) is 6.42 Å². The molecule has 12 heavy (non-hydrogen) atoms. The van der Waals surface area contributed by atoms with Crippen molar-refractivity contribution in [3.05, 3.63) is 11.8 Å². The quantitative estimate of drug-likeness (QED) is 0.624. The Balaban J connectivity index is 4.33. The van der Waals surface area contributed by atoms with Crippen molar-refractivity contribution in [2.45, 2.75) is 47.1 Å². The predicted molar refractivity (Wildman–Crippen MR) is 56.1 cm³/mol. The van der Waals surface area contributed by atoms with Gasteiger partial charge in [0.25, 0.3) is 0 Å². The zero-order chi connectivity index (χ0) is 9.72. The van der Waals surface area contributed by atoms with Crippen LogP contribution in [0.1, 0.15) is 41.0 Å². The van der Waals surface area contributed by atoms with E-state index >= 15 is 0 Å². The molecule has 0 aliphatic rings. The van der Waals surface area contributed by atoms with Gasteiger partial charge in [-0.3, -0.25) is 0 Å². The number of rotatable bonds is 4. The van der Waals surface area contributed by atoms with Crippen molar-refractivity contribution in [3.63, 3.8) is 0 Å². The third-order valence-electron chi connectivity index (χ3n) is 2.12. The molecule has 0 amide bonds. The molecule has 0 aromatic carbocycles. The smallest absolute Gasteiger partial charge is 0.0227 e. The average molecular weight is 169 g/mol. The molecule has 0 aliphatic heterocycles. The minimum absolute atomic E-state index is 0.606. The predicted octanol–water partition coefficient (Wildman–Crippen LogP) is 3.28. The second-order valence-electron chi connectivity index (χ2n) is 3.96. The molecular formula is C11H23N. The first kappa shape index (κ1) is 11.5. The van der Waals surface area contributed by atoms with E-state index in [9.17, 15) is 0 Å². The van der Waals surface area contributed by atoms with Gasteiger partial charge in [0.15, 0.2) is 0 Å². The van der Waals surface area contributed by atoms with Crippen LogP contribution in [-0.2, 0) is 0 Å². The van der Waals surface area contributed by atoms with Crippen LogP contribution in [0.3, 0.4) is 0 Å². The van der Waals surface area contributed by atoms with E-state index in [1.54, 1.807) is 0 Å². The fourth-order valence-corrected chi connectivity index (χ4v) is 1.20. The van der Waals surface area contributed by atoms with Crippen LogP contribution in [0.4, 0.5) is 0 Å². The molecule has 0 unspecified atom stereocenters. The Bertz CT molecular complexity index is 145. The Morgan fingerprint density at radius 2 is 1.75 bits per heavy atom. The summed E-state index contributed by atoms with van der Waals surface area (Å²) in [5.41, 5.74) is 1.46. The van der Waals surface area contributed by atoms with Gasteiger partial charge in [0.05, 0.1) is 0 Å². The number of hydrogen-bond donors (Lipinski definition) is 0. The van der Waals surface area contributed by atoms with E-state index in [1.807, 2.05) is 0 Å². The third-order valence-corrected chi connectivity index (χ3v) is 2.12. The highest BCUT2D eigenvalue weighted by Crippen LogP contribution is 2.12. The van der Waals surface area contributed by atoms with Crippen molar-refractivity contribution in [2.75, 3.05) is 7.05 Å². The molecule has 0 aromatic rings. The zero-order valence-electron chi connectivity index (χ0n) is 9.39. The highest BCUT2D eigenvalue weighted by Gasteiger charge is 2.05. The maximum absolute atomic E-state index is 2.35. The largest absolute Gasteiger partial charge is 0.376 e. The van der Waals surface area contributed by atoms with Crippen LogP contribution in [-0.4, -0.2) is 18.0 Å². The second-order valence-corrected chi connectivity index (χ2v) is 3.96. The standard InChI is InChI=1S/C11H23N/c1-7-11(8-9(2)3)12(6)10(4)5/h8-10H,7H2,1-6H3/b11-8+. The van der Waals surface area contributed by atoms with Crippen molar-refractivity contribution in [3.8, 4) is 0 Å². The van der Waals surface area contributed by atoms with E-state index in [1.165, 1.54) is 5.70 Å². The molecule has 1 heteroatoms. The van der Waals surface area contributed by atoms with Crippen molar-refractivity contribution < 1.29 is 0 Å². The molecular weight excluding hydrogens is 146 g/mol.